The van der Waals surface area contributed by atoms with Crippen LogP contribution >= 0.6 is 11.3 Å². The first kappa shape index (κ1) is 82.4. The van der Waals surface area contributed by atoms with Gasteiger partial charge in [-0.25, -0.2) is 23.1 Å². The number of unbranched alkanes of at least 4 members (excludes halogenated alkanes) is 1. The van der Waals surface area contributed by atoms with Gasteiger partial charge in [-0.15, -0.1) is 15.3 Å². The number of primary sulfonamides is 1. The summed E-state index contributed by atoms with van der Waals surface area (Å²) in [5.74, 6) is -8.49. The number of nitrogens with zero attached hydrogens (tertiary/aromatic N) is 9. The third-order valence-corrected chi connectivity index (χ3v) is 18.1. The number of sulfonamides is 1. The Morgan fingerprint density at radius 2 is 1.16 bits per heavy atom. The highest BCUT2D eigenvalue weighted by atomic mass is 32.2. The highest BCUT2D eigenvalue weighted by molar-refractivity contribution is 7.91. The van der Waals surface area contributed by atoms with Crippen LogP contribution in [0.5, 0.6) is 5.75 Å². The Bertz CT molecular complexity index is 3410. The number of rotatable bonds is 45. The van der Waals surface area contributed by atoms with Gasteiger partial charge >= 0.3 is 17.9 Å². The van der Waals surface area contributed by atoms with Crippen LogP contribution in [-0.4, -0.2) is 276 Å². The van der Waals surface area contributed by atoms with Crippen molar-refractivity contribution in [2.24, 2.45) is 5.14 Å². The fourth-order valence-corrected chi connectivity index (χ4v) is 11.7. The number of amides is 6. The van der Waals surface area contributed by atoms with Crippen molar-refractivity contribution < 1.29 is 101 Å². The summed E-state index contributed by atoms with van der Waals surface area (Å²) in [5, 5.41) is 75.0. The molecule has 4 aromatic rings. The van der Waals surface area contributed by atoms with E-state index in [9.17, 15) is 81.6 Å². The standard InChI is InChI=1S/C62H90N16O21S2/c1-43-9-11-44(12-10-43)62(2,45-13-15-47(81)16-14-45)18-17-52(83)67-49(58(90)91)34-54(85)68-50(59(92)93)35-53(84)66-48(7-3-4-21-78-36-46(70-73-78)6-5-8-51(82)69-60-71-72-61(100-60)101(63,94)95)57(89)65-20-31-97-33-32-96-30-19-64-55(86)37-74-22-23-75(38-56(87)88)25-27-77(40-99-42-80)29-28-76(26-24-74)39-98-41-79/h9-16,36,41-42,48-50,81H,3-8,17-35,37-40H2,1-2H3,(H,64,86)(H,65,89)(H,66,84)(H,67,83)(H,68,85)(H,87,88)(H,90,91)(H,92,93)(H2,63,94,95)(H,69,71,82)/t48-,49-,50-,62?/m0/s1. The third kappa shape index (κ3) is 31.5. The molecule has 3 heterocycles. The molecule has 1 unspecified atom stereocenters. The van der Waals surface area contributed by atoms with Crippen LogP contribution in [0, 0.1) is 6.92 Å². The van der Waals surface area contributed by atoms with Crippen LogP contribution in [0.3, 0.4) is 0 Å². The number of aromatic hydroxyl groups is 1. The maximum absolute atomic E-state index is 13.7. The van der Waals surface area contributed by atoms with Crippen LogP contribution in [0.25, 0.3) is 0 Å². The van der Waals surface area contributed by atoms with Gasteiger partial charge in [0.2, 0.25) is 44.9 Å². The number of carboxylic acid groups (broad SMARTS) is 3. The fourth-order valence-electron chi connectivity index (χ4n) is 10.4. The molecule has 0 radical (unpaired) electrons. The van der Waals surface area contributed by atoms with Crippen LogP contribution in [-0.2, 0) is 100 Å². The summed E-state index contributed by atoms with van der Waals surface area (Å²) in [6.45, 7) is 7.73. The van der Waals surface area contributed by atoms with Crippen LogP contribution in [0.1, 0.15) is 87.1 Å². The first-order valence-corrected chi connectivity index (χ1v) is 34.8. The highest BCUT2D eigenvalue weighted by Crippen LogP contribution is 2.37. The van der Waals surface area contributed by atoms with Gasteiger partial charge in [0.05, 0.1) is 58.1 Å². The summed E-state index contributed by atoms with van der Waals surface area (Å²) >= 11 is 0.604. The molecule has 2 aromatic heterocycles. The van der Waals surface area contributed by atoms with Crippen molar-refractivity contribution in [3.8, 4) is 5.75 Å². The minimum absolute atomic E-state index is 0.0114. The van der Waals surface area contributed by atoms with Gasteiger partial charge in [-0.05, 0) is 68.7 Å². The van der Waals surface area contributed by atoms with Gasteiger partial charge in [-0.1, -0.05) is 65.4 Å². The average molecular weight is 1460 g/mol. The number of hydrogen-bond acceptors (Lipinski definition) is 27. The zero-order valence-electron chi connectivity index (χ0n) is 56.2. The number of aryl methyl sites for hydroxylation is 3. The molecule has 5 rings (SSSR count). The lowest BCUT2D eigenvalue weighted by Gasteiger charge is -2.33. The number of ether oxygens (including phenoxy) is 4. The Morgan fingerprint density at radius 1 is 0.634 bits per heavy atom. The van der Waals surface area contributed by atoms with Crippen molar-refractivity contribution >= 4 is 92.8 Å². The second-order valence-corrected chi connectivity index (χ2v) is 26.5. The Hall–Kier alpha value is -9.22. The normalized spacial score (nSPS) is 15.2. The maximum Gasteiger partial charge on any atom is 0.326 e. The van der Waals surface area contributed by atoms with Crippen molar-refractivity contribution in [1.82, 2.24) is 71.4 Å². The van der Waals surface area contributed by atoms with E-state index in [2.05, 4.69) is 52.4 Å². The number of aliphatic carboxylic acids is 3. The quantitative estimate of drug-likeness (QED) is 0.0129. The van der Waals surface area contributed by atoms with Gasteiger partial charge in [0.15, 0.2) is 0 Å². The molecule has 4 atom stereocenters. The molecule has 2 aromatic carbocycles. The monoisotopic (exact) mass is 1460 g/mol. The van der Waals surface area contributed by atoms with Crippen LogP contribution < -0.4 is 37.0 Å². The molecule has 101 heavy (non-hydrogen) atoms. The molecular weight excluding hydrogens is 1370 g/mol. The lowest BCUT2D eigenvalue weighted by molar-refractivity contribution is -0.145. The zero-order chi connectivity index (χ0) is 73.7. The zero-order valence-corrected chi connectivity index (χ0v) is 57.9. The van der Waals surface area contributed by atoms with Gasteiger partial charge in [0, 0.05) is 96.4 Å². The number of benzene rings is 2. The molecule has 1 aliphatic rings. The molecule has 39 heteroatoms. The second kappa shape index (κ2) is 43.4. The van der Waals surface area contributed by atoms with Crippen molar-refractivity contribution in [1.29, 1.82) is 0 Å². The molecular formula is C62H90N16O21S2. The molecule has 12 N–H and O–H groups in total. The summed E-state index contributed by atoms with van der Waals surface area (Å²) < 4.78 is 45.3. The second-order valence-electron chi connectivity index (χ2n) is 23.8. The first-order valence-electron chi connectivity index (χ1n) is 32.4. The minimum atomic E-state index is -4.09. The van der Waals surface area contributed by atoms with E-state index in [1.54, 1.807) is 23.2 Å². The van der Waals surface area contributed by atoms with E-state index in [1.807, 2.05) is 52.8 Å². The molecule has 0 spiro atoms. The highest BCUT2D eigenvalue weighted by Gasteiger charge is 2.33. The Kier molecular flexibility index (Phi) is 35.5. The number of carboxylic acids is 3. The minimum Gasteiger partial charge on any atom is -0.508 e. The SMILES string of the molecule is Cc1ccc(C(C)(CCC(=O)N[C@@H](CC(=O)N[C@@H](CC(=O)N[C@@H](CCCCn2cc(CCCC(=O)Nc3nnc(S(N)(=O)=O)s3)nn2)C(=O)NCCOCCOCCNC(=O)CN2CCN(COC=O)CCN(COC=O)CCN(CC(=O)O)CC2)C(=O)O)C(=O)O)c2ccc(O)cc2)cc1. The molecule has 37 nitrogen and oxygen atoms in total. The molecule has 0 saturated carbocycles. The number of carbonyl (C=O) groups excluding carboxylic acids is 8. The molecule has 1 fully saturated rings. The number of aromatic nitrogens is 5. The Labute approximate surface area is 586 Å². The largest absolute Gasteiger partial charge is 0.508 e. The van der Waals surface area contributed by atoms with E-state index in [0.29, 0.717) is 115 Å². The van der Waals surface area contributed by atoms with Gasteiger partial charge < -0.3 is 71.3 Å². The van der Waals surface area contributed by atoms with Gasteiger partial charge in [-0.3, -0.25) is 67.4 Å². The Balaban J connectivity index is 1.10. The summed E-state index contributed by atoms with van der Waals surface area (Å²) in [6, 6.07) is 9.12. The lowest BCUT2D eigenvalue weighted by Crippen LogP contribution is -2.51. The molecule has 0 aliphatic carbocycles. The van der Waals surface area contributed by atoms with Crippen LogP contribution in [0.15, 0.2) is 59.1 Å². The summed E-state index contributed by atoms with van der Waals surface area (Å²) in [4.78, 5) is 145. The van der Waals surface area contributed by atoms with E-state index in [-0.39, 0.29) is 109 Å². The fraction of sp³-hybridized carbons (Fsp3) is 0.565. The van der Waals surface area contributed by atoms with E-state index >= 15 is 0 Å². The average Bonchev–Trinajstić information content (AvgIpc) is 1.48. The number of phenols is 1. The van der Waals surface area contributed by atoms with Crippen LogP contribution in [0.2, 0.25) is 0 Å². The van der Waals surface area contributed by atoms with E-state index in [0.717, 1.165) is 16.7 Å². The summed E-state index contributed by atoms with van der Waals surface area (Å²) in [6.07, 6.45) is 1.27. The van der Waals surface area contributed by atoms with Crippen molar-refractivity contribution in [3.63, 3.8) is 0 Å². The molecule has 6 amide bonds. The van der Waals surface area contributed by atoms with Crippen molar-refractivity contribution in [3.05, 3.63) is 77.1 Å². The molecule has 0 bridgehead atoms. The number of nitrogens with two attached hydrogens (primary N) is 1. The number of nitrogens with one attached hydrogen (secondary N) is 6. The predicted octanol–water partition coefficient (Wildman–Crippen LogP) is -2.05. The van der Waals surface area contributed by atoms with E-state index < -0.39 is 98.2 Å². The maximum atomic E-state index is 13.7. The van der Waals surface area contributed by atoms with Gasteiger partial charge in [0.25, 0.3) is 23.0 Å². The Morgan fingerprint density at radius 3 is 1.69 bits per heavy atom. The van der Waals surface area contributed by atoms with Gasteiger partial charge in [-0.2, -0.15) is 0 Å². The number of hydrogen-bond donors (Lipinski definition) is 11. The number of anilines is 1. The van der Waals surface area contributed by atoms with E-state index in [1.165, 1.54) is 16.8 Å². The topological polar surface area (TPSA) is 507 Å². The van der Waals surface area contributed by atoms with E-state index in [4.69, 9.17) is 24.1 Å². The molecule has 556 valence electrons. The first-order chi connectivity index (χ1) is 48.2. The lowest BCUT2D eigenvalue weighted by atomic mass is 9.73. The third-order valence-electron chi connectivity index (χ3n) is 16.0. The summed E-state index contributed by atoms with van der Waals surface area (Å²) in [7, 11) is -4.09. The molecule has 1 saturated heterocycles. The number of carbonyl (C=O) groups is 11. The molecule has 1 aliphatic heterocycles. The van der Waals surface area contributed by atoms with Crippen LogP contribution in [0.4, 0.5) is 5.13 Å². The smallest absolute Gasteiger partial charge is 0.326 e. The summed E-state index contributed by atoms with van der Waals surface area (Å²) in [5.41, 5.74) is 2.38. The van der Waals surface area contributed by atoms with Gasteiger partial charge in [0.1, 0.15) is 37.3 Å². The van der Waals surface area contributed by atoms with Crippen molar-refractivity contribution in [2.75, 3.05) is 124 Å². The predicted molar refractivity (Wildman–Crippen MR) is 357 cm³/mol. The number of phenolic OH excluding ortho intramolecular Hbond substituents is 1. The van der Waals surface area contributed by atoms with Crippen molar-refractivity contribution in [2.45, 2.75) is 112 Å².